The third-order valence-electron chi connectivity index (χ3n) is 2.42. The largest absolute Gasteiger partial charge is 0.504 e. The van der Waals surface area contributed by atoms with Crippen LogP contribution in [0.5, 0.6) is 5.75 Å². The summed E-state index contributed by atoms with van der Waals surface area (Å²) in [5.74, 6) is -0.179. The molecule has 1 N–H and O–H groups in total. The first-order valence-electron chi connectivity index (χ1n) is 4.73. The lowest BCUT2D eigenvalue weighted by Crippen LogP contribution is -2.01. The summed E-state index contributed by atoms with van der Waals surface area (Å²) in [6, 6.07) is 6.47. The number of hydrogen-bond donors (Lipinski definition) is 1. The molecule has 0 aromatic heterocycles. The molecule has 1 aliphatic heterocycles. The molecule has 1 aliphatic rings. The van der Waals surface area contributed by atoms with Gasteiger partial charge in [0.15, 0.2) is 5.75 Å². The van der Waals surface area contributed by atoms with Gasteiger partial charge in [-0.2, -0.15) is 0 Å². The van der Waals surface area contributed by atoms with Gasteiger partial charge in [-0.1, -0.05) is 18.2 Å². The second-order valence-corrected chi connectivity index (χ2v) is 3.39. The summed E-state index contributed by atoms with van der Waals surface area (Å²) in [5, 5.41) is 9.63. The van der Waals surface area contributed by atoms with Crippen molar-refractivity contribution in [1.29, 1.82) is 0 Å². The van der Waals surface area contributed by atoms with E-state index in [1.807, 2.05) is 0 Å². The normalized spacial score (nSPS) is 21.0. The first-order chi connectivity index (χ1) is 6.79. The van der Waals surface area contributed by atoms with E-state index in [1.165, 1.54) is 6.07 Å². The van der Waals surface area contributed by atoms with Gasteiger partial charge in [0.25, 0.3) is 0 Å². The Morgan fingerprint density at radius 1 is 1.36 bits per heavy atom. The summed E-state index contributed by atoms with van der Waals surface area (Å²) in [7, 11) is 0. The van der Waals surface area contributed by atoms with Crippen molar-refractivity contribution in [2.24, 2.45) is 0 Å². The maximum atomic E-state index is 11.3. The summed E-state index contributed by atoms with van der Waals surface area (Å²) in [4.78, 5) is 11.3. The van der Waals surface area contributed by atoms with Crippen molar-refractivity contribution in [3.05, 3.63) is 40.1 Å². The first-order valence-corrected chi connectivity index (χ1v) is 4.73. The minimum absolute atomic E-state index is 0.116. The van der Waals surface area contributed by atoms with Gasteiger partial charge in [-0.05, 0) is 18.9 Å². The average molecular weight is 192 g/mol. The van der Waals surface area contributed by atoms with Crippen LogP contribution in [-0.4, -0.2) is 11.7 Å². The lowest BCUT2D eigenvalue weighted by Gasteiger charge is -2.08. The average Bonchev–Trinajstić information content (AvgIpc) is 2.64. The Morgan fingerprint density at radius 2 is 2.14 bits per heavy atom. The van der Waals surface area contributed by atoms with Crippen LogP contribution < -0.4 is 5.43 Å². The molecule has 14 heavy (non-hydrogen) atoms. The summed E-state index contributed by atoms with van der Waals surface area (Å²) < 4.78 is 5.42. The molecule has 1 aromatic rings. The van der Waals surface area contributed by atoms with Crippen molar-refractivity contribution in [3.63, 3.8) is 0 Å². The van der Waals surface area contributed by atoms with Crippen LogP contribution in [0.15, 0.2) is 29.1 Å². The predicted octanol–water partition coefficient (Wildman–Crippen LogP) is 1.60. The van der Waals surface area contributed by atoms with E-state index in [2.05, 4.69) is 0 Å². The second-order valence-electron chi connectivity index (χ2n) is 3.39. The zero-order valence-corrected chi connectivity index (χ0v) is 7.77. The molecule has 1 fully saturated rings. The highest BCUT2D eigenvalue weighted by Gasteiger charge is 2.20. The van der Waals surface area contributed by atoms with Crippen LogP contribution in [0.4, 0.5) is 0 Å². The zero-order chi connectivity index (χ0) is 9.97. The monoisotopic (exact) mass is 192 g/mol. The molecule has 0 spiro atoms. The molecule has 74 valence electrons. The second kappa shape index (κ2) is 3.80. The Bertz CT molecular complexity index is 381. The molecule has 0 saturated carbocycles. The lowest BCUT2D eigenvalue weighted by atomic mass is 10.1. The molecule has 0 aliphatic carbocycles. The molecule has 1 aromatic carbocycles. The fraction of sp³-hybridized carbons (Fsp3) is 0.364. The Morgan fingerprint density at radius 3 is 2.86 bits per heavy atom. The van der Waals surface area contributed by atoms with Gasteiger partial charge in [0.1, 0.15) is 0 Å². The number of rotatable bonds is 1. The van der Waals surface area contributed by atoms with E-state index in [0.717, 1.165) is 12.8 Å². The van der Waals surface area contributed by atoms with Gasteiger partial charge in [-0.3, -0.25) is 4.79 Å². The molecule has 0 amide bonds. The fourth-order valence-electron chi connectivity index (χ4n) is 1.69. The van der Waals surface area contributed by atoms with E-state index in [-0.39, 0.29) is 17.3 Å². The van der Waals surface area contributed by atoms with Crippen LogP contribution in [0.25, 0.3) is 0 Å². The molecular weight excluding hydrogens is 180 g/mol. The van der Waals surface area contributed by atoms with Crippen molar-refractivity contribution in [3.8, 4) is 5.75 Å². The van der Waals surface area contributed by atoms with Gasteiger partial charge in [-0.25, -0.2) is 0 Å². The zero-order valence-electron chi connectivity index (χ0n) is 7.77. The van der Waals surface area contributed by atoms with Crippen LogP contribution >= 0.6 is 0 Å². The molecule has 3 nitrogen and oxygen atoms in total. The molecular formula is C11H12O3. The van der Waals surface area contributed by atoms with Gasteiger partial charge >= 0.3 is 0 Å². The third-order valence-corrected chi connectivity index (χ3v) is 2.42. The predicted molar refractivity (Wildman–Crippen MR) is 52.3 cm³/mol. The molecule has 0 bridgehead atoms. The van der Waals surface area contributed by atoms with Crippen LogP contribution in [0, 0.1) is 0 Å². The van der Waals surface area contributed by atoms with E-state index in [0.29, 0.717) is 12.2 Å². The van der Waals surface area contributed by atoms with E-state index in [4.69, 9.17) is 4.74 Å². The van der Waals surface area contributed by atoms with Crippen molar-refractivity contribution in [2.45, 2.75) is 18.9 Å². The maximum absolute atomic E-state index is 11.3. The van der Waals surface area contributed by atoms with Crippen molar-refractivity contribution < 1.29 is 9.84 Å². The minimum Gasteiger partial charge on any atom is -0.504 e. The summed E-state index contributed by atoms with van der Waals surface area (Å²) in [6.45, 7) is 0.705. The highest BCUT2D eigenvalue weighted by Crippen LogP contribution is 2.31. The summed E-state index contributed by atoms with van der Waals surface area (Å²) in [6.07, 6.45) is 1.74. The molecule has 0 radical (unpaired) electrons. The van der Waals surface area contributed by atoms with Gasteiger partial charge in [-0.15, -0.1) is 0 Å². The Hall–Kier alpha value is -1.35. The van der Waals surface area contributed by atoms with Crippen LogP contribution in [-0.2, 0) is 4.74 Å². The quantitative estimate of drug-likeness (QED) is 0.735. The number of ether oxygens (including phenoxy) is 1. The van der Waals surface area contributed by atoms with Crippen LogP contribution in [0.1, 0.15) is 24.5 Å². The van der Waals surface area contributed by atoms with Crippen LogP contribution in [0.2, 0.25) is 0 Å². The third kappa shape index (κ3) is 1.63. The van der Waals surface area contributed by atoms with E-state index in [1.54, 1.807) is 18.2 Å². The van der Waals surface area contributed by atoms with Crippen molar-refractivity contribution >= 4 is 0 Å². The molecule has 1 saturated heterocycles. The molecule has 1 heterocycles. The number of hydrogen-bond acceptors (Lipinski definition) is 3. The van der Waals surface area contributed by atoms with Gasteiger partial charge < -0.3 is 9.84 Å². The highest BCUT2D eigenvalue weighted by atomic mass is 16.5. The van der Waals surface area contributed by atoms with Crippen molar-refractivity contribution in [2.75, 3.05) is 6.61 Å². The van der Waals surface area contributed by atoms with Crippen molar-refractivity contribution in [1.82, 2.24) is 0 Å². The number of aromatic hydroxyl groups is 1. The SMILES string of the molecule is O=c1ccccc([C@H]2CCCO2)c1O. The molecule has 3 heteroatoms. The van der Waals surface area contributed by atoms with Gasteiger partial charge in [0.05, 0.1) is 6.10 Å². The first kappa shape index (κ1) is 9.21. The molecule has 0 unspecified atom stereocenters. The summed E-state index contributed by atoms with van der Waals surface area (Å²) in [5.41, 5.74) is 0.262. The minimum atomic E-state index is -0.347. The van der Waals surface area contributed by atoms with E-state index >= 15 is 0 Å². The molecule has 2 rings (SSSR count). The lowest BCUT2D eigenvalue weighted by molar-refractivity contribution is 0.110. The van der Waals surface area contributed by atoms with Crippen LogP contribution in [0.3, 0.4) is 0 Å². The fourth-order valence-corrected chi connectivity index (χ4v) is 1.69. The standard InChI is InChI=1S/C11H12O3/c12-9-5-2-1-4-8(11(9)13)10-6-3-7-14-10/h1-2,4-5,10H,3,6-7H2,(H,12,13)/t10-/m1/s1. The Kier molecular flexibility index (Phi) is 2.50. The molecule has 1 atom stereocenters. The maximum Gasteiger partial charge on any atom is 0.220 e. The van der Waals surface area contributed by atoms with E-state index in [9.17, 15) is 9.90 Å². The summed E-state index contributed by atoms with van der Waals surface area (Å²) >= 11 is 0. The Balaban J connectivity index is 2.47. The van der Waals surface area contributed by atoms with Gasteiger partial charge in [0, 0.05) is 12.2 Å². The van der Waals surface area contributed by atoms with Gasteiger partial charge in [0.2, 0.25) is 5.43 Å². The highest BCUT2D eigenvalue weighted by molar-refractivity contribution is 5.32. The van der Waals surface area contributed by atoms with E-state index < -0.39 is 0 Å². The Labute approximate surface area is 82.0 Å². The topological polar surface area (TPSA) is 46.5 Å². The smallest absolute Gasteiger partial charge is 0.220 e.